The van der Waals surface area contributed by atoms with Gasteiger partial charge in [0.15, 0.2) is 0 Å². The number of imidazole rings is 1. The summed E-state index contributed by atoms with van der Waals surface area (Å²) in [6.45, 7) is 4.39. The summed E-state index contributed by atoms with van der Waals surface area (Å²) in [5.41, 5.74) is 3.81. The number of aliphatic hydroxyl groups is 1. The van der Waals surface area contributed by atoms with Gasteiger partial charge in [-0.25, -0.2) is 4.98 Å². The Hall–Kier alpha value is -1.61. The van der Waals surface area contributed by atoms with Crippen molar-refractivity contribution in [3.8, 4) is 11.3 Å². The summed E-state index contributed by atoms with van der Waals surface area (Å²) in [4.78, 5) is 4.33. The Morgan fingerprint density at radius 1 is 1.29 bits per heavy atom. The minimum absolute atomic E-state index is 0.00119. The van der Waals surface area contributed by atoms with Crippen molar-refractivity contribution >= 4 is 0 Å². The highest BCUT2D eigenvalue weighted by Crippen LogP contribution is 2.50. The molecule has 1 saturated carbocycles. The highest BCUT2D eigenvalue weighted by molar-refractivity contribution is 5.69. The van der Waals surface area contributed by atoms with E-state index in [-0.39, 0.29) is 23.5 Å². The molecule has 0 unspecified atom stereocenters. The summed E-state index contributed by atoms with van der Waals surface area (Å²) < 4.78 is 2.26. The molecule has 3 heteroatoms. The molecule has 0 saturated heterocycles. The fraction of sp³-hybridized carbons (Fsp3) is 0.500. The second-order valence-corrected chi connectivity index (χ2v) is 7.21. The van der Waals surface area contributed by atoms with Gasteiger partial charge in [-0.05, 0) is 23.8 Å². The van der Waals surface area contributed by atoms with Gasteiger partial charge in [-0.3, -0.25) is 0 Å². The quantitative estimate of drug-likeness (QED) is 0.867. The molecule has 2 aliphatic rings. The fourth-order valence-electron chi connectivity index (χ4n) is 4.32. The summed E-state index contributed by atoms with van der Waals surface area (Å²) in [6, 6.07) is 8.80. The predicted molar refractivity (Wildman–Crippen MR) is 82.9 cm³/mol. The molecule has 1 fully saturated rings. The Morgan fingerprint density at radius 2 is 2.10 bits per heavy atom. The molecular formula is C18H22N2O. The van der Waals surface area contributed by atoms with E-state index in [1.54, 1.807) is 0 Å². The summed E-state index contributed by atoms with van der Waals surface area (Å²) in [5, 5.41) is 10.9. The number of hydrogen-bond donors (Lipinski definition) is 1. The van der Waals surface area contributed by atoms with Crippen LogP contribution in [0.15, 0.2) is 36.8 Å². The number of hydrogen-bond acceptors (Lipinski definition) is 2. The normalized spacial score (nSPS) is 30.0. The smallest absolute Gasteiger partial charge is 0.0956 e. The molecule has 1 aromatic carbocycles. The van der Waals surface area contributed by atoms with Gasteiger partial charge < -0.3 is 9.67 Å². The van der Waals surface area contributed by atoms with E-state index in [0.29, 0.717) is 0 Å². The Morgan fingerprint density at radius 3 is 2.95 bits per heavy atom. The van der Waals surface area contributed by atoms with E-state index >= 15 is 0 Å². The minimum atomic E-state index is -0.266. The average Bonchev–Trinajstić information content (AvgIpc) is 3.03. The maximum Gasteiger partial charge on any atom is 0.0956 e. The maximum atomic E-state index is 10.9. The summed E-state index contributed by atoms with van der Waals surface area (Å²) in [6.07, 6.45) is 6.99. The van der Waals surface area contributed by atoms with Crippen LogP contribution in [0.5, 0.6) is 0 Å². The van der Waals surface area contributed by atoms with Crippen LogP contribution < -0.4 is 0 Å². The van der Waals surface area contributed by atoms with Crippen LogP contribution in [0, 0.1) is 11.3 Å². The first-order chi connectivity index (χ1) is 10.1. The molecule has 21 heavy (non-hydrogen) atoms. The van der Waals surface area contributed by atoms with E-state index in [1.165, 1.54) is 23.2 Å². The molecule has 2 heterocycles. The highest BCUT2D eigenvalue weighted by Gasteiger charge is 2.45. The Bertz CT molecular complexity index is 673. The van der Waals surface area contributed by atoms with E-state index in [4.69, 9.17) is 0 Å². The topological polar surface area (TPSA) is 38.0 Å². The lowest BCUT2D eigenvalue weighted by Crippen LogP contribution is -2.43. The zero-order chi connectivity index (χ0) is 14.6. The molecule has 0 bridgehead atoms. The van der Waals surface area contributed by atoms with E-state index in [1.807, 2.05) is 12.5 Å². The average molecular weight is 282 g/mol. The minimum Gasteiger partial charge on any atom is -0.392 e. The van der Waals surface area contributed by atoms with Crippen LogP contribution in [0.2, 0.25) is 0 Å². The van der Waals surface area contributed by atoms with E-state index < -0.39 is 0 Å². The zero-order valence-electron chi connectivity index (χ0n) is 12.7. The first-order valence-electron chi connectivity index (χ1n) is 7.89. The van der Waals surface area contributed by atoms with Gasteiger partial charge in [0, 0.05) is 11.5 Å². The third-order valence-electron chi connectivity index (χ3n) is 5.49. The van der Waals surface area contributed by atoms with Crippen LogP contribution >= 0.6 is 0 Å². The molecule has 1 N–H and O–H groups in total. The Labute approximate surface area is 125 Å². The molecule has 3 nitrogen and oxygen atoms in total. The number of aromatic nitrogens is 2. The lowest BCUT2D eigenvalue weighted by molar-refractivity contribution is -0.0443. The van der Waals surface area contributed by atoms with Crippen molar-refractivity contribution in [1.29, 1.82) is 0 Å². The van der Waals surface area contributed by atoms with Crippen LogP contribution in [-0.2, 0) is 0 Å². The number of nitrogens with zero attached hydrogens (tertiary/aromatic N) is 2. The van der Waals surface area contributed by atoms with Crippen LogP contribution in [-0.4, -0.2) is 20.8 Å². The van der Waals surface area contributed by atoms with Crippen molar-refractivity contribution in [3.63, 3.8) is 0 Å². The zero-order valence-corrected chi connectivity index (χ0v) is 12.7. The van der Waals surface area contributed by atoms with Gasteiger partial charge in [-0.1, -0.05) is 44.5 Å². The highest BCUT2D eigenvalue weighted by atomic mass is 16.3. The summed E-state index contributed by atoms with van der Waals surface area (Å²) in [7, 11) is 0. The molecule has 2 aromatic rings. The monoisotopic (exact) mass is 282 g/mol. The first-order valence-corrected chi connectivity index (χ1v) is 7.89. The predicted octanol–water partition coefficient (Wildman–Crippen LogP) is 3.64. The lowest BCUT2D eigenvalue weighted by atomic mass is 9.66. The number of rotatable bonds is 1. The Kier molecular flexibility index (Phi) is 2.77. The van der Waals surface area contributed by atoms with Crippen molar-refractivity contribution in [2.75, 3.05) is 0 Å². The second-order valence-electron chi connectivity index (χ2n) is 7.21. The standard InChI is InChI=1S/C18H22N2O/c1-18(2)9-5-8-14(17(18)21)16-13-7-4-3-6-12(13)15-10-19-11-20(15)16/h3-4,6-7,10-11,14,16-17,21H,5,8-9H2,1-2H3/t14-,16-,17+/m1/s1. The van der Waals surface area contributed by atoms with Crippen LogP contribution in [0.4, 0.5) is 0 Å². The molecule has 110 valence electrons. The Balaban J connectivity index is 1.82. The third kappa shape index (κ3) is 1.80. The van der Waals surface area contributed by atoms with Crippen molar-refractivity contribution in [1.82, 2.24) is 9.55 Å². The molecule has 3 atom stereocenters. The van der Waals surface area contributed by atoms with Crippen LogP contribution in [0.1, 0.15) is 44.7 Å². The molecule has 1 aliphatic carbocycles. The van der Waals surface area contributed by atoms with Crippen LogP contribution in [0.3, 0.4) is 0 Å². The number of benzene rings is 1. The van der Waals surface area contributed by atoms with Gasteiger partial charge in [0.25, 0.3) is 0 Å². The molecule has 1 aliphatic heterocycles. The second kappa shape index (κ2) is 4.44. The van der Waals surface area contributed by atoms with Crippen molar-refractivity contribution in [3.05, 3.63) is 42.4 Å². The van der Waals surface area contributed by atoms with Gasteiger partial charge in [0.1, 0.15) is 0 Å². The fourth-order valence-corrected chi connectivity index (χ4v) is 4.32. The van der Waals surface area contributed by atoms with Crippen molar-refractivity contribution < 1.29 is 5.11 Å². The number of aliphatic hydroxyl groups excluding tert-OH is 1. The molecule has 0 spiro atoms. The van der Waals surface area contributed by atoms with E-state index in [9.17, 15) is 5.11 Å². The molecule has 4 rings (SSSR count). The van der Waals surface area contributed by atoms with Gasteiger partial charge in [-0.2, -0.15) is 0 Å². The lowest BCUT2D eigenvalue weighted by Gasteiger charge is -2.43. The summed E-state index contributed by atoms with van der Waals surface area (Å²) in [5.74, 6) is 0.269. The SMILES string of the molecule is CC1(C)CCC[C@H]([C@H]2c3ccccc3-c3cncn32)[C@@H]1O. The van der Waals surface area contributed by atoms with Gasteiger partial charge in [0.2, 0.25) is 0 Å². The maximum absolute atomic E-state index is 10.9. The van der Waals surface area contributed by atoms with Gasteiger partial charge >= 0.3 is 0 Å². The van der Waals surface area contributed by atoms with Gasteiger partial charge in [-0.15, -0.1) is 0 Å². The first kappa shape index (κ1) is 13.1. The molecule has 0 radical (unpaired) electrons. The van der Waals surface area contributed by atoms with E-state index in [0.717, 1.165) is 12.8 Å². The largest absolute Gasteiger partial charge is 0.392 e. The number of fused-ring (bicyclic) bond motifs is 3. The molecule has 0 amide bonds. The molecular weight excluding hydrogens is 260 g/mol. The van der Waals surface area contributed by atoms with E-state index in [2.05, 4.69) is 47.7 Å². The van der Waals surface area contributed by atoms with Crippen LogP contribution in [0.25, 0.3) is 11.3 Å². The summed E-state index contributed by atoms with van der Waals surface area (Å²) >= 11 is 0. The third-order valence-corrected chi connectivity index (χ3v) is 5.49. The molecule has 1 aromatic heterocycles. The van der Waals surface area contributed by atoms with Crippen molar-refractivity contribution in [2.24, 2.45) is 11.3 Å². The van der Waals surface area contributed by atoms with Crippen molar-refractivity contribution in [2.45, 2.75) is 45.3 Å². The van der Waals surface area contributed by atoms with Gasteiger partial charge in [0.05, 0.1) is 30.4 Å².